The van der Waals surface area contributed by atoms with E-state index in [2.05, 4.69) is 18.2 Å². The maximum absolute atomic E-state index is 10.2. The predicted molar refractivity (Wildman–Crippen MR) is 144 cm³/mol. The second kappa shape index (κ2) is 8.41. The Kier molecular flexibility index (Phi) is 4.75. The monoisotopic (exact) mass is 501 g/mol. The molecular weight excluding hydrogens is 486 g/mol. The minimum absolute atomic E-state index is 0.150. The highest BCUT2D eigenvalue weighted by Crippen LogP contribution is 2.39. The van der Waals surface area contributed by atoms with Gasteiger partial charge in [-0.2, -0.15) is 15.8 Å². The molecule has 9 nitrogen and oxygen atoms in total. The lowest BCUT2D eigenvalue weighted by Gasteiger charge is -2.10. The van der Waals surface area contributed by atoms with Crippen LogP contribution >= 0.6 is 0 Å². The van der Waals surface area contributed by atoms with E-state index >= 15 is 0 Å². The molecule has 0 amide bonds. The van der Waals surface area contributed by atoms with Gasteiger partial charge in [-0.1, -0.05) is 54.6 Å². The first kappa shape index (κ1) is 22.0. The standard InChI is InChI=1S/C30H15N9/c31-16-22-34-25-28(37(22)19-10-4-1-5-11-19)26-30(38(23(17-32)35-26)20-12-6-2-7-13-20)27-29(25)39(24(18-33)36-27)21-14-8-3-9-15-21/h1-15H. The second-order valence-electron chi connectivity index (χ2n) is 8.75. The lowest BCUT2D eigenvalue weighted by Crippen LogP contribution is -2.00. The number of rotatable bonds is 3. The zero-order valence-corrected chi connectivity index (χ0v) is 20.2. The van der Waals surface area contributed by atoms with Crippen LogP contribution < -0.4 is 0 Å². The van der Waals surface area contributed by atoms with Crippen molar-refractivity contribution in [2.75, 3.05) is 0 Å². The lowest BCUT2D eigenvalue weighted by atomic mass is 10.2. The molecule has 180 valence electrons. The molecule has 0 aliphatic rings. The molecule has 0 atom stereocenters. The molecule has 0 N–H and O–H groups in total. The molecular formula is C30H15N9. The molecule has 0 bridgehead atoms. The van der Waals surface area contributed by atoms with E-state index in [4.69, 9.17) is 15.0 Å². The Morgan fingerprint density at radius 1 is 0.410 bits per heavy atom. The highest BCUT2D eigenvalue weighted by Gasteiger charge is 2.29. The molecule has 9 heteroatoms. The molecule has 0 aliphatic carbocycles. The third-order valence-electron chi connectivity index (χ3n) is 6.65. The molecule has 0 unspecified atom stereocenters. The Bertz CT molecular complexity index is 1900. The Morgan fingerprint density at radius 2 is 0.667 bits per heavy atom. The fourth-order valence-electron chi connectivity index (χ4n) is 5.12. The number of hydrogen-bond donors (Lipinski definition) is 0. The van der Waals surface area contributed by atoms with E-state index in [1.165, 1.54) is 0 Å². The summed E-state index contributed by atoms with van der Waals surface area (Å²) in [5.41, 5.74) is 5.17. The van der Waals surface area contributed by atoms with E-state index in [1.807, 2.05) is 91.0 Å². The number of nitrogens with zero attached hydrogens (tertiary/aromatic N) is 9. The van der Waals surface area contributed by atoms with Gasteiger partial charge in [0.15, 0.2) is 0 Å². The van der Waals surface area contributed by atoms with Crippen LogP contribution in [0, 0.1) is 34.0 Å². The zero-order valence-electron chi connectivity index (χ0n) is 20.2. The van der Waals surface area contributed by atoms with Crippen LogP contribution in [0.5, 0.6) is 0 Å². The first-order chi connectivity index (χ1) is 19.2. The third-order valence-corrected chi connectivity index (χ3v) is 6.65. The van der Waals surface area contributed by atoms with Crippen LogP contribution in [0.3, 0.4) is 0 Å². The molecule has 0 aliphatic heterocycles. The van der Waals surface area contributed by atoms with Gasteiger partial charge >= 0.3 is 0 Å². The molecule has 0 saturated heterocycles. The van der Waals surface area contributed by atoms with Gasteiger partial charge in [-0.3, -0.25) is 13.7 Å². The maximum Gasteiger partial charge on any atom is 0.218 e. The van der Waals surface area contributed by atoms with Crippen molar-refractivity contribution >= 4 is 33.1 Å². The van der Waals surface area contributed by atoms with Crippen molar-refractivity contribution in [3.05, 3.63) is 108 Å². The summed E-state index contributed by atoms with van der Waals surface area (Å²) in [6.45, 7) is 0. The van der Waals surface area contributed by atoms with Gasteiger partial charge in [0.05, 0.1) is 0 Å². The average Bonchev–Trinajstić information content (AvgIpc) is 3.69. The summed E-state index contributed by atoms with van der Waals surface area (Å²) in [6, 6.07) is 34.9. The molecule has 4 aromatic carbocycles. The highest BCUT2D eigenvalue weighted by molar-refractivity contribution is 6.20. The van der Waals surface area contributed by atoms with Crippen molar-refractivity contribution in [1.29, 1.82) is 15.8 Å². The van der Waals surface area contributed by atoms with Gasteiger partial charge in [-0.15, -0.1) is 0 Å². The maximum atomic E-state index is 10.2. The zero-order chi connectivity index (χ0) is 26.5. The molecule has 7 rings (SSSR count). The quantitative estimate of drug-likeness (QED) is 0.323. The Balaban J connectivity index is 1.81. The van der Waals surface area contributed by atoms with Crippen LogP contribution in [0.1, 0.15) is 17.5 Å². The van der Waals surface area contributed by atoms with Gasteiger partial charge in [-0.25, -0.2) is 15.0 Å². The first-order valence-electron chi connectivity index (χ1n) is 12.0. The largest absolute Gasteiger partial charge is 0.282 e. The Hall–Kier alpha value is -6.24. The minimum Gasteiger partial charge on any atom is -0.282 e. The molecule has 0 fully saturated rings. The number of para-hydroxylation sites is 3. The second-order valence-corrected chi connectivity index (χ2v) is 8.75. The van der Waals surface area contributed by atoms with Crippen LogP contribution in [0.25, 0.3) is 50.2 Å². The van der Waals surface area contributed by atoms with Gasteiger partial charge in [0, 0.05) is 17.1 Å². The van der Waals surface area contributed by atoms with Gasteiger partial charge in [-0.05, 0) is 36.4 Å². The smallest absolute Gasteiger partial charge is 0.218 e. The summed E-state index contributed by atoms with van der Waals surface area (Å²) >= 11 is 0. The molecule has 7 aromatic rings. The topological polar surface area (TPSA) is 125 Å². The summed E-state index contributed by atoms with van der Waals surface area (Å²) < 4.78 is 5.24. The molecule has 39 heavy (non-hydrogen) atoms. The number of aromatic nitrogens is 6. The van der Waals surface area contributed by atoms with Gasteiger partial charge in [0.25, 0.3) is 0 Å². The summed E-state index contributed by atoms with van der Waals surface area (Å²) in [5, 5.41) is 30.5. The number of imidazole rings is 3. The number of fused-ring (bicyclic) bond motifs is 6. The third kappa shape index (κ3) is 3.07. The van der Waals surface area contributed by atoms with Crippen LogP contribution in [0.15, 0.2) is 91.0 Å². The van der Waals surface area contributed by atoms with E-state index in [1.54, 1.807) is 13.7 Å². The van der Waals surface area contributed by atoms with E-state index < -0.39 is 0 Å². The number of benzene rings is 4. The van der Waals surface area contributed by atoms with Crippen molar-refractivity contribution < 1.29 is 0 Å². The predicted octanol–water partition coefficient (Wildman–Crippen LogP) is 5.32. The van der Waals surface area contributed by atoms with Crippen LogP contribution in [0.2, 0.25) is 0 Å². The van der Waals surface area contributed by atoms with Gasteiger partial charge in [0.2, 0.25) is 17.5 Å². The molecule has 0 saturated carbocycles. The van der Waals surface area contributed by atoms with Crippen LogP contribution in [0.4, 0.5) is 0 Å². The number of hydrogen-bond acceptors (Lipinski definition) is 6. The minimum atomic E-state index is 0.150. The van der Waals surface area contributed by atoms with Gasteiger partial charge < -0.3 is 0 Å². The van der Waals surface area contributed by atoms with E-state index in [9.17, 15) is 15.8 Å². The SMILES string of the molecule is N#Cc1nc2c(c3nc(C#N)n(-c4ccccc4)c3c3nc(C#N)n(-c4ccccc4)c23)n1-c1ccccc1. The van der Waals surface area contributed by atoms with E-state index in [0.717, 1.165) is 17.1 Å². The number of nitriles is 3. The molecule has 3 aromatic heterocycles. The lowest BCUT2D eigenvalue weighted by molar-refractivity contribution is 1.05. The van der Waals surface area contributed by atoms with Crippen molar-refractivity contribution in [2.24, 2.45) is 0 Å². The summed E-state index contributed by atoms with van der Waals surface area (Å²) in [4.78, 5) is 14.3. The first-order valence-corrected chi connectivity index (χ1v) is 12.0. The molecule has 0 radical (unpaired) electrons. The Morgan fingerprint density at radius 3 is 0.897 bits per heavy atom. The van der Waals surface area contributed by atoms with E-state index in [-0.39, 0.29) is 17.5 Å². The summed E-state index contributed by atoms with van der Waals surface area (Å²) in [5.74, 6) is 0.450. The Labute approximate surface area is 221 Å². The normalized spacial score (nSPS) is 11.0. The van der Waals surface area contributed by atoms with Crippen molar-refractivity contribution in [2.45, 2.75) is 0 Å². The van der Waals surface area contributed by atoms with E-state index in [0.29, 0.717) is 33.1 Å². The fraction of sp³-hybridized carbons (Fsp3) is 0. The highest BCUT2D eigenvalue weighted by atomic mass is 15.2. The van der Waals surface area contributed by atoms with Crippen molar-refractivity contribution in [1.82, 2.24) is 28.7 Å². The van der Waals surface area contributed by atoms with Gasteiger partial charge in [0.1, 0.15) is 51.3 Å². The van der Waals surface area contributed by atoms with Crippen molar-refractivity contribution in [3.8, 4) is 35.3 Å². The summed E-state index contributed by atoms with van der Waals surface area (Å²) in [6.07, 6.45) is 0. The fourth-order valence-corrected chi connectivity index (χ4v) is 5.12. The van der Waals surface area contributed by atoms with Crippen LogP contribution in [-0.4, -0.2) is 28.7 Å². The average molecular weight is 502 g/mol. The van der Waals surface area contributed by atoms with Crippen molar-refractivity contribution in [3.63, 3.8) is 0 Å². The molecule has 0 spiro atoms. The molecule has 3 heterocycles. The van der Waals surface area contributed by atoms with Crippen LogP contribution in [-0.2, 0) is 0 Å². The summed E-state index contributed by atoms with van der Waals surface area (Å²) in [7, 11) is 0.